The molecule has 170 valence electrons. The number of benzene rings is 3. The highest BCUT2D eigenvalue weighted by Gasteiger charge is 2.21. The largest absolute Gasteiger partial charge is 0.493 e. The molecule has 4 aromatic rings. The standard InChI is InChI=1S/C28H29FN2O2/c1-32-27-15-21-17-30(18-22(21)16-28(27)33-2)14-6-5-7-20-19-31(24-12-10-23(29)11-13-24)26-9-4-3-8-25(20)26/h3-4,8-13,15-16,19H,5-7,14,17-18H2,1-2H3. The molecule has 0 unspecified atom stereocenters. The Morgan fingerprint density at radius 3 is 2.18 bits per heavy atom. The minimum Gasteiger partial charge on any atom is -0.493 e. The van der Waals surface area contributed by atoms with E-state index in [9.17, 15) is 4.39 Å². The molecule has 0 saturated heterocycles. The molecular weight excluding hydrogens is 415 g/mol. The molecule has 0 bridgehead atoms. The maximum absolute atomic E-state index is 13.4. The fraction of sp³-hybridized carbons (Fsp3) is 0.286. The SMILES string of the molecule is COc1cc2c(cc1OC)CN(CCCCc1cn(-c3ccc(F)cc3)c3ccccc13)C2. The van der Waals surface area contributed by atoms with Crippen LogP contribution in [0, 0.1) is 5.82 Å². The van der Waals surface area contributed by atoms with Crippen LogP contribution >= 0.6 is 0 Å². The van der Waals surface area contributed by atoms with Crippen molar-refractivity contribution in [2.75, 3.05) is 20.8 Å². The molecule has 0 spiro atoms. The van der Waals surface area contributed by atoms with E-state index < -0.39 is 0 Å². The van der Waals surface area contributed by atoms with E-state index in [2.05, 4.69) is 52.1 Å². The molecule has 0 radical (unpaired) electrons. The van der Waals surface area contributed by atoms with Crippen molar-refractivity contribution in [3.8, 4) is 17.2 Å². The number of rotatable bonds is 8. The molecule has 1 aliphatic rings. The van der Waals surface area contributed by atoms with Crippen molar-refractivity contribution >= 4 is 10.9 Å². The van der Waals surface area contributed by atoms with Crippen LogP contribution in [0.15, 0.2) is 66.9 Å². The van der Waals surface area contributed by atoms with Crippen LogP contribution in [0.5, 0.6) is 11.5 Å². The Morgan fingerprint density at radius 1 is 0.848 bits per heavy atom. The number of para-hydroxylation sites is 1. The zero-order valence-electron chi connectivity index (χ0n) is 19.2. The average Bonchev–Trinajstić information content (AvgIpc) is 3.42. The summed E-state index contributed by atoms with van der Waals surface area (Å²) in [5.41, 5.74) is 6.15. The molecule has 4 nitrogen and oxygen atoms in total. The van der Waals surface area contributed by atoms with Crippen molar-refractivity contribution in [2.24, 2.45) is 0 Å². The van der Waals surface area contributed by atoms with E-state index in [0.29, 0.717) is 0 Å². The molecule has 0 aliphatic carbocycles. The van der Waals surface area contributed by atoms with Crippen molar-refractivity contribution in [2.45, 2.75) is 32.4 Å². The number of ether oxygens (including phenoxy) is 2. The average molecular weight is 445 g/mol. The van der Waals surface area contributed by atoms with Crippen molar-refractivity contribution in [1.29, 1.82) is 0 Å². The number of hydrogen-bond donors (Lipinski definition) is 0. The zero-order chi connectivity index (χ0) is 22.8. The lowest BCUT2D eigenvalue weighted by Gasteiger charge is -2.14. The second-order valence-electron chi connectivity index (χ2n) is 8.66. The normalized spacial score (nSPS) is 13.4. The quantitative estimate of drug-likeness (QED) is 0.306. The molecule has 1 aromatic heterocycles. The highest BCUT2D eigenvalue weighted by molar-refractivity contribution is 5.85. The van der Waals surface area contributed by atoms with Gasteiger partial charge < -0.3 is 14.0 Å². The van der Waals surface area contributed by atoms with Crippen LogP contribution in [0.1, 0.15) is 29.5 Å². The number of unbranched alkanes of at least 4 members (excludes halogenated alkanes) is 1. The smallest absolute Gasteiger partial charge is 0.161 e. The van der Waals surface area contributed by atoms with E-state index in [1.165, 1.54) is 34.2 Å². The van der Waals surface area contributed by atoms with Gasteiger partial charge in [0.2, 0.25) is 0 Å². The first-order valence-corrected chi connectivity index (χ1v) is 11.5. The summed E-state index contributed by atoms with van der Waals surface area (Å²) < 4.78 is 26.5. The zero-order valence-corrected chi connectivity index (χ0v) is 19.2. The summed E-state index contributed by atoms with van der Waals surface area (Å²) in [5, 5.41) is 1.27. The molecule has 0 amide bonds. The fourth-order valence-electron chi connectivity index (χ4n) is 4.87. The highest BCUT2D eigenvalue weighted by Crippen LogP contribution is 2.35. The first kappa shape index (κ1) is 21.5. The van der Waals surface area contributed by atoms with E-state index in [0.717, 1.165) is 61.6 Å². The minimum atomic E-state index is -0.212. The van der Waals surface area contributed by atoms with Gasteiger partial charge >= 0.3 is 0 Å². The van der Waals surface area contributed by atoms with Gasteiger partial charge in [0.1, 0.15) is 5.82 Å². The van der Waals surface area contributed by atoms with E-state index in [1.807, 2.05) is 12.1 Å². The number of methoxy groups -OCH3 is 2. The highest BCUT2D eigenvalue weighted by atomic mass is 19.1. The lowest BCUT2D eigenvalue weighted by Crippen LogP contribution is -2.17. The van der Waals surface area contributed by atoms with Gasteiger partial charge in [0.05, 0.1) is 19.7 Å². The molecular formula is C28H29FN2O2. The Bertz CT molecular complexity index is 1230. The lowest BCUT2D eigenvalue weighted by molar-refractivity contribution is 0.277. The Kier molecular flexibility index (Phi) is 6.05. The maximum atomic E-state index is 13.4. The van der Waals surface area contributed by atoms with Crippen LogP contribution in [0.4, 0.5) is 4.39 Å². The van der Waals surface area contributed by atoms with Crippen molar-refractivity contribution in [3.63, 3.8) is 0 Å². The molecule has 2 heterocycles. The molecule has 1 aliphatic heterocycles. The van der Waals surface area contributed by atoms with Gasteiger partial charge in [0.15, 0.2) is 11.5 Å². The number of hydrogen-bond acceptors (Lipinski definition) is 3. The summed E-state index contributed by atoms with van der Waals surface area (Å²) in [7, 11) is 3.37. The van der Waals surface area contributed by atoms with E-state index in [1.54, 1.807) is 14.2 Å². The number of aromatic nitrogens is 1. The fourth-order valence-corrected chi connectivity index (χ4v) is 4.87. The number of aryl methyl sites for hydroxylation is 1. The molecule has 5 heteroatoms. The molecule has 33 heavy (non-hydrogen) atoms. The van der Waals surface area contributed by atoms with Gasteiger partial charge in [-0.1, -0.05) is 18.2 Å². The van der Waals surface area contributed by atoms with Gasteiger partial charge in [-0.05, 0) is 85.0 Å². The summed E-state index contributed by atoms with van der Waals surface area (Å²) in [6, 6.07) is 19.4. The van der Waals surface area contributed by atoms with E-state index in [-0.39, 0.29) is 5.82 Å². The number of nitrogens with zero attached hydrogens (tertiary/aromatic N) is 2. The van der Waals surface area contributed by atoms with Crippen LogP contribution in [-0.2, 0) is 19.5 Å². The topological polar surface area (TPSA) is 26.6 Å². The molecule has 5 rings (SSSR count). The van der Waals surface area contributed by atoms with Crippen molar-refractivity contribution < 1.29 is 13.9 Å². The Balaban J connectivity index is 1.23. The summed E-state index contributed by atoms with van der Waals surface area (Å²) >= 11 is 0. The van der Waals surface area contributed by atoms with Gasteiger partial charge in [-0.3, -0.25) is 4.90 Å². The van der Waals surface area contributed by atoms with Crippen molar-refractivity contribution in [1.82, 2.24) is 9.47 Å². The minimum absolute atomic E-state index is 0.212. The third kappa shape index (κ3) is 4.33. The van der Waals surface area contributed by atoms with Crippen LogP contribution in [0.25, 0.3) is 16.6 Å². The van der Waals surface area contributed by atoms with E-state index >= 15 is 0 Å². The predicted molar refractivity (Wildman–Crippen MR) is 130 cm³/mol. The summed E-state index contributed by atoms with van der Waals surface area (Å²) in [6.07, 6.45) is 5.49. The van der Waals surface area contributed by atoms with Gasteiger partial charge in [0.25, 0.3) is 0 Å². The second-order valence-corrected chi connectivity index (χ2v) is 8.66. The summed E-state index contributed by atoms with van der Waals surface area (Å²) in [6.45, 7) is 2.98. The predicted octanol–water partition coefficient (Wildman–Crippen LogP) is 6.13. The Labute approximate surface area is 194 Å². The van der Waals surface area contributed by atoms with E-state index in [4.69, 9.17) is 9.47 Å². The first-order valence-electron chi connectivity index (χ1n) is 11.5. The van der Waals surface area contributed by atoms with Gasteiger partial charge in [-0.15, -0.1) is 0 Å². The monoisotopic (exact) mass is 444 g/mol. The third-order valence-corrected chi connectivity index (χ3v) is 6.56. The molecule has 0 N–H and O–H groups in total. The first-order chi connectivity index (χ1) is 16.2. The Morgan fingerprint density at radius 2 is 1.52 bits per heavy atom. The molecule has 3 aromatic carbocycles. The summed E-state index contributed by atoms with van der Waals surface area (Å²) in [5.74, 6) is 1.39. The number of fused-ring (bicyclic) bond motifs is 2. The molecule has 0 saturated carbocycles. The molecule has 0 atom stereocenters. The van der Waals surface area contributed by atoms with Crippen LogP contribution in [0.2, 0.25) is 0 Å². The summed E-state index contributed by atoms with van der Waals surface area (Å²) in [4.78, 5) is 2.49. The van der Waals surface area contributed by atoms with Gasteiger partial charge in [-0.25, -0.2) is 4.39 Å². The van der Waals surface area contributed by atoms with Crippen LogP contribution in [0.3, 0.4) is 0 Å². The van der Waals surface area contributed by atoms with Crippen LogP contribution in [-0.4, -0.2) is 30.2 Å². The van der Waals surface area contributed by atoms with Crippen molar-refractivity contribution in [3.05, 3.63) is 89.4 Å². The second kappa shape index (κ2) is 9.28. The Hall–Kier alpha value is -3.31. The van der Waals surface area contributed by atoms with Gasteiger partial charge in [0, 0.05) is 30.4 Å². The number of halogens is 1. The molecule has 0 fully saturated rings. The lowest BCUT2D eigenvalue weighted by atomic mass is 10.1. The maximum Gasteiger partial charge on any atom is 0.161 e. The van der Waals surface area contributed by atoms with Gasteiger partial charge in [-0.2, -0.15) is 0 Å². The third-order valence-electron chi connectivity index (χ3n) is 6.56. The van der Waals surface area contributed by atoms with Crippen LogP contribution < -0.4 is 9.47 Å².